The third-order valence-electron chi connectivity index (χ3n) is 4.84. The number of carbonyl (C=O) groups excluding carboxylic acids is 1. The number of thiophene rings is 1. The molecule has 4 rings (SSSR count). The summed E-state index contributed by atoms with van der Waals surface area (Å²) < 4.78 is 0. The lowest BCUT2D eigenvalue weighted by atomic mass is 10.1. The van der Waals surface area contributed by atoms with E-state index in [9.17, 15) is 4.79 Å². The minimum absolute atomic E-state index is 0.0651. The predicted molar refractivity (Wildman–Crippen MR) is 107 cm³/mol. The molecule has 0 bridgehead atoms. The van der Waals surface area contributed by atoms with Crippen LogP contribution in [0.25, 0.3) is 9.88 Å². The molecule has 2 aromatic heterocycles. The van der Waals surface area contributed by atoms with E-state index in [0.29, 0.717) is 5.69 Å². The Morgan fingerprint density at radius 1 is 1.23 bits per heavy atom. The van der Waals surface area contributed by atoms with Crippen molar-refractivity contribution in [3.8, 4) is 9.88 Å². The molecule has 1 fully saturated rings. The van der Waals surface area contributed by atoms with Crippen LogP contribution >= 0.6 is 22.7 Å². The summed E-state index contributed by atoms with van der Waals surface area (Å²) in [6, 6.07) is 14.9. The molecule has 1 saturated heterocycles. The van der Waals surface area contributed by atoms with Crippen molar-refractivity contribution in [1.29, 1.82) is 0 Å². The fraction of sp³-hybridized carbons (Fsp3) is 0.300. The van der Waals surface area contributed by atoms with E-state index in [1.54, 1.807) is 22.7 Å². The molecule has 26 heavy (non-hydrogen) atoms. The van der Waals surface area contributed by atoms with Gasteiger partial charge in [-0.2, -0.15) is 0 Å². The zero-order valence-corrected chi connectivity index (χ0v) is 16.4. The molecule has 1 unspecified atom stereocenters. The summed E-state index contributed by atoms with van der Waals surface area (Å²) in [4.78, 5) is 22.1. The summed E-state index contributed by atoms with van der Waals surface area (Å²) in [5, 5.41) is 4.87. The van der Waals surface area contributed by atoms with Crippen LogP contribution in [0.15, 0.2) is 53.2 Å². The van der Waals surface area contributed by atoms with E-state index in [0.717, 1.165) is 36.1 Å². The first-order valence-corrected chi connectivity index (χ1v) is 10.6. The van der Waals surface area contributed by atoms with Crippen molar-refractivity contribution in [3.05, 3.63) is 64.5 Å². The highest BCUT2D eigenvalue weighted by molar-refractivity contribution is 7.20. The van der Waals surface area contributed by atoms with E-state index in [4.69, 9.17) is 0 Å². The number of hydrogen-bond acceptors (Lipinski definition) is 4. The number of carbonyl (C=O) groups is 1. The molecule has 0 spiro atoms. The largest absolute Gasteiger partial charge is 0.328 e. The van der Waals surface area contributed by atoms with Gasteiger partial charge in [0.25, 0.3) is 5.91 Å². The van der Waals surface area contributed by atoms with Crippen LogP contribution in [0.1, 0.15) is 23.0 Å². The van der Waals surface area contributed by atoms with Crippen molar-refractivity contribution >= 4 is 28.6 Å². The third-order valence-corrected chi connectivity index (χ3v) is 6.72. The van der Waals surface area contributed by atoms with Gasteiger partial charge in [-0.15, -0.1) is 22.7 Å². The number of nitrogens with zero attached hydrogens (tertiary/aromatic N) is 2. The lowest BCUT2D eigenvalue weighted by Gasteiger charge is -2.37. The number of benzene rings is 1. The van der Waals surface area contributed by atoms with Gasteiger partial charge in [-0.05, 0) is 18.4 Å². The van der Waals surface area contributed by atoms with E-state index < -0.39 is 0 Å². The van der Waals surface area contributed by atoms with Gasteiger partial charge in [-0.25, -0.2) is 4.98 Å². The minimum Gasteiger partial charge on any atom is -0.328 e. The second kappa shape index (κ2) is 7.70. The smallest absolute Gasteiger partial charge is 0.274 e. The molecule has 6 heteroatoms. The maximum absolute atomic E-state index is 12.9. The normalized spacial score (nSPS) is 20.3. The van der Waals surface area contributed by atoms with E-state index in [1.807, 2.05) is 27.8 Å². The summed E-state index contributed by atoms with van der Waals surface area (Å²) in [6.45, 7) is 5.91. The van der Waals surface area contributed by atoms with Gasteiger partial charge >= 0.3 is 0 Å². The highest BCUT2D eigenvalue weighted by Crippen LogP contribution is 2.28. The lowest BCUT2D eigenvalue weighted by Crippen LogP contribution is -3.14. The number of thiazole rings is 1. The van der Waals surface area contributed by atoms with E-state index in [2.05, 4.69) is 42.2 Å². The second-order valence-electron chi connectivity index (χ2n) is 6.73. The van der Waals surface area contributed by atoms with Crippen molar-refractivity contribution in [2.24, 2.45) is 0 Å². The Kier molecular flexibility index (Phi) is 5.15. The molecular formula is C20H22N3OS2+. The van der Waals surface area contributed by atoms with E-state index in [-0.39, 0.29) is 11.9 Å². The minimum atomic E-state index is 0.0651. The van der Waals surface area contributed by atoms with Crippen LogP contribution in [0.5, 0.6) is 0 Å². The maximum Gasteiger partial charge on any atom is 0.274 e. The Hall–Kier alpha value is -2.02. The van der Waals surface area contributed by atoms with Gasteiger partial charge in [0.15, 0.2) is 0 Å². The van der Waals surface area contributed by atoms with Gasteiger partial charge < -0.3 is 9.80 Å². The fourth-order valence-electron chi connectivity index (χ4n) is 3.51. The topological polar surface area (TPSA) is 37.6 Å². The summed E-state index contributed by atoms with van der Waals surface area (Å²) in [5.41, 5.74) is 1.94. The van der Waals surface area contributed by atoms with Gasteiger partial charge in [0.2, 0.25) is 0 Å². The molecular weight excluding hydrogens is 362 g/mol. The second-order valence-corrected chi connectivity index (χ2v) is 8.54. The molecule has 0 aliphatic carbocycles. The quantitative estimate of drug-likeness (QED) is 0.751. The summed E-state index contributed by atoms with van der Waals surface area (Å²) in [7, 11) is 0. The van der Waals surface area contributed by atoms with Crippen LogP contribution in [0.4, 0.5) is 0 Å². The standard InChI is InChI=1S/C20H21N3OS2/c1-15-12-22(13-16-6-3-2-4-7-16)9-10-23(15)20(24)17-14-26-19(21-17)18-8-5-11-25-18/h2-8,11,14-15H,9-10,12-13H2,1H3/p+1/t15-/m1/s1. The summed E-state index contributed by atoms with van der Waals surface area (Å²) in [6.07, 6.45) is 0. The molecule has 0 radical (unpaired) electrons. The first-order chi connectivity index (χ1) is 12.7. The fourth-order valence-corrected chi connectivity index (χ4v) is 5.12. The molecule has 0 saturated carbocycles. The molecule has 1 aliphatic rings. The van der Waals surface area contributed by atoms with E-state index in [1.165, 1.54) is 10.5 Å². The number of piperazine rings is 1. The SMILES string of the molecule is C[C@@H]1C[NH+](Cc2ccccc2)CCN1C(=O)c1csc(-c2cccs2)n1. The third kappa shape index (κ3) is 3.72. The van der Waals surface area contributed by atoms with Crippen LogP contribution in [0.2, 0.25) is 0 Å². The summed E-state index contributed by atoms with van der Waals surface area (Å²) >= 11 is 3.21. The first-order valence-electron chi connectivity index (χ1n) is 8.88. The van der Waals surface area contributed by atoms with Crippen molar-refractivity contribution < 1.29 is 9.69 Å². The molecule has 3 heterocycles. The zero-order valence-electron chi connectivity index (χ0n) is 14.7. The van der Waals surface area contributed by atoms with Crippen LogP contribution in [-0.2, 0) is 6.54 Å². The Morgan fingerprint density at radius 3 is 2.81 bits per heavy atom. The number of rotatable bonds is 4. The maximum atomic E-state index is 12.9. The molecule has 1 aromatic carbocycles. The van der Waals surface area contributed by atoms with Crippen molar-refractivity contribution in [2.75, 3.05) is 19.6 Å². The molecule has 4 nitrogen and oxygen atoms in total. The van der Waals surface area contributed by atoms with Gasteiger partial charge in [-0.1, -0.05) is 36.4 Å². The Balaban J connectivity index is 1.40. The average Bonchev–Trinajstić information content (AvgIpc) is 3.34. The van der Waals surface area contributed by atoms with Crippen LogP contribution in [0, 0.1) is 0 Å². The van der Waals surface area contributed by atoms with Crippen molar-refractivity contribution in [3.63, 3.8) is 0 Å². The van der Waals surface area contributed by atoms with Crippen molar-refractivity contribution in [2.45, 2.75) is 19.5 Å². The number of hydrogen-bond donors (Lipinski definition) is 1. The molecule has 1 N–H and O–H groups in total. The molecule has 134 valence electrons. The van der Waals surface area contributed by atoms with E-state index >= 15 is 0 Å². The van der Waals surface area contributed by atoms with Crippen LogP contribution < -0.4 is 4.90 Å². The molecule has 1 aliphatic heterocycles. The van der Waals surface area contributed by atoms with Gasteiger partial charge in [-0.3, -0.25) is 4.79 Å². The number of quaternary nitrogens is 1. The van der Waals surface area contributed by atoms with Crippen LogP contribution in [0.3, 0.4) is 0 Å². The molecule has 3 aromatic rings. The number of aromatic nitrogens is 1. The van der Waals surface area contributed by atoms with Gasteiger partial charge in [0.1, 0.15) is 17.2 Å². The van der Waals surface area contributed by atoms with Gasteiger partial charge in [0.05, 0.1) is 30.6 Å². The number of nitrogens with one attached hydrogen (secondary N) is 1. The van der Waals surface area contributed by atoms with Crippen molar-refractivity contribution in [1.82, 2.24) is 9.88 Å². The monoisotopic (exact) mass is 384 g/mol. The average molecular weight is 385 g/mol. The lowest BCUT2D eigenvalue weighted by molar-refractivity contribution is -0.920. The summed E-state index contributed by atoms with van der Waals surface area (Å²) in [5.74, 6) is 0.0651. The zero-order chi connectivity index (χ0) is 17.9. The molecule has 2 atom stereocenters. The van der Waals surface area contributed by atoms with Gasteiger partial charge in [0, 0.05) is 10.9 Å². The Bertz CT molecular complexity index is 860. The Morgan fingerprint density at radius 2 is 2.08 bits per heavy atom. The number of amides is 1. The highest BCUT2D eigenvalue weighted by atomic mass is 32.1. The first kappa shape index (κ1) is 17.4. The predicted octanol–water partition coefficient (Wildman–Crippen LogP) is 2.80. The van der Waals surface area contributed by atoms with Crippen LogP contribution in [-0.4, -0.2) is 41.5 Å². The highest BCUT2D eigenvalue weighted by Gasteiger charge is 2.31. The molecule has 1 amide bonds. The Labute approximate surface area is 161 Å².